The number of imidazole rings is 1. The van der Waals surface area contributed by atoms with E-state index >= 15 is 0 Å². The van der Waals surface area contributed by atoms with Crippen molar-refractivity contribution in [2.75, 3.05) is 0 Å². The molecule has 0 amide bonds. The van der Waals surface area contributed by atoms with Gasteiger partial charge in [-0.25, -0.2) is 9.37 Å². The summed E-state index contributed by atoms with van der Waals surface area (Å²) in [5.41, 5.74) is 7.08. The van der Waals surface area contributed by atoms with E-state index in [1.165, 1.54) is 6.07 Å². The van der Waals surface area contributed by atoms with Crippen LogP contribution in [-0.2, 0) is 6.42 Å². The summed E-state index contributed by atoms with van der Waals surface area (Å²) in [4.78, 5) is 4.10. The third-order valence-electron chi connectivity index (χ3n) is 2.26. The van der Waals surface area contributed by atoms with Crippen molar-refractivity contribution in [3.05, 3.63) is 35.5 Å². The fourth-order valence-electron chi connectivity index (χ4n) is 1.59. The Morgan fingerprint density at radius 1 is 1.67 bits per heavy atom. The zero-order chi connectivity index (χ0) is 11.0. The average molecular weight is 206 g/mol. The lowest BCUT2D eigenvalue weighted by molar-refractivity contribution is 0.629. The van der Waals surface area contributed by atoms with E-state index < -0.39 is 0 Å². The average Bonchev–Trinajstić information content (AvgIpc) is 2.45. The summed E-state index contributed by atoms with van der Waals surface area (Å²) in [5, 5.41) is 7.24. The fourth-order valence-corrected chi connectivity index (χ4v) is 1.59. The van der Waals surface area contributed by atoms with Crippen molar-refractivity contribution < 1.29 is 4.39 Å². The van der Waals surface area contributed by atoms with Crippen molar-refractivity contribution in [3.63, 3.8) is 0 Å². The minimum atomic E-state index is -0.365. The maximum Gasteiger partial charge on any atom is 0.173 e. The number of nitrogens with one attached hydrogen (secondary N) is 1. The number of aryl methyl sites for hydroxylation is 1. The molecular weight excluding hydrogens is 195 g/mol. The summed E-state index contributed by atoms with van der Waals surface area (Å²) in [6.07, 6.45) is 2.01. The second-order valence-electron chi connectivity index (χ2n) is 3.40. The summed E-state index contributed by atoms with van der Waals surface area (Å²) in [6, 6.07) is 2.96. The summed E-state index contributed by atoms with van der Waals surface area (Å²) >= 11 is 0. The second kappa shape index (κ2) is 3.34. The van der Waals surface area contributed by atoms with Gasteiger partial charge >= 0.3 is 0 Å². The van der Waals surface area contributed by atoms with Gasteiger partial charge in [0.25, 0.3) is 0 Å². The summed E-state index contributed by atoms with van der Waals surface area (Å²) < 4.78 is 15.0. The van der Waals surface area contributed by atoms with Crippen LogP contribution in [-0.4, -0.2) is 15.2 Å². The van der Waals surface area contributed by atoms with Crippen molar-refractivity contribution in [2.24, 2.45) is 5.73 Å². The molecule has 4 nitrogen and oxygen atoms in total. The first-order valence-corrected chi connectivity index (χ1v) is 4.54. The van der Waals surface area contributed by atoms with E-state index in [4.69, 9.17) is 11.1 Å². The molecule has 0 saturated carbocycles. The Morgan fingerprint density at radius 2 is 2.40 bits per heavy atom. The molecular formula is C10H11FN4. The first-order valence-electron chi connectivity index (χ1n) is 4.54. The molecule has 0 spiro atoms. The third-order valence-corrected chi connectivity index (χ3v) is 2.26. The van der Waals surface area contributed by atoms with Gasteiger partial charge in [0.05, 0.1) is 17.2 Å². The Labute approximate surface area is 86.1 Å². The molecule has 0 fully saturated rings. The largest absolute Gasteiger partial charge is 0.387 e. The van der Waals surface area contributed by atoms with Gasteiger partial charge < -0.3 is 10.1 Å². The Balaban J connectivity index is 2.68. The molecule has 0 unspecified atom stereocenters. The molecule has 0 atom stereocenters. The number of amidine groups is 1. The number of halogens is 1. The fraction of sp³-hybridized carbons (Fsp3) is 0.200. The first kappa shape index (κ1) is 9.64. The predicted molar refractivity (Wildman–Crippen MR) is 55.5 cm³/mol. The van der Waals surface area contributed by atoms with Crippen LogP contribution in [0, 0.1) is 18.2 Å². The zero-order valence-electron chi connectivity index (χ0n) is 8.29. The molecule has 0 aromatic carbocycles. The Hall–Kier alpha value is -1.91. The molecule has 0 aliphatic heterocycles. The number of rotatable bonds is 2. The molecule has 3 N–H and O–H groups in total. The number of hydrogen-bond acceptors (Lipinski definition) is 2. The van der Waals surface area contributed by atoms with Gasteiger partial charge in [0.1, 0.15) is 0 Å². The summed E-state index contributed by atoms with van der Waals surface area (Å²) in [6.45, 7) is 1.78. The smallest absolute Gasteiger partial charge is 0.173 e. The Kier molecular flexibility index (Phi) is 2.15. The molecule has 2 aromatic rings. The van der Waals surface area contributed by atoms with Gasteiger partial charge in [0.2, 0.25) is 0 Å². The lowest BCUT2D eigenvalue weighted by Gasteiger charge is -2.01. The highest BCUT2D eigenvalue weighted by Gasteiger charge is 2.11. The number of hydrogen-bond donors (Lipinski definition) is 2. The Morgan fingerprint density at radius 3 is 3.07 bits per heavy atom. The van der Waals surface area contributed by atoms with E-state index in [1.807, 2.05) is 0 Å². The molecule has 2 heterocycles. The first-order chi connectivity index (χ1) is 7.09. The van der Waals surface area contributed by atoms with Crippen molar-refractivity contribution >= 4 is 11.5 Å². The molecule has 5 heteroatoms. The molecule has 0 aliphatic carbocycles. The van der Waals surface area contributed by atoms with E-state index in [2.05, 4.69) is 4.98 Å². The molecule has 0 radical (unpaired) electrons. The maximum atomic E-state index is 13.3. The highest BCUT2D eigenvalue weighted by molar-refractivity contribution is 5.79. The van der Waals surface area contributed by atoms with Crippen LogP contribution in [0.2, 0.25) is 0 Å². The van der Waals surface area contributed by atoms with Crippen LogP contribution < -0.4 is 5.73 Å². The molecule has 2 aromatic heterocycles. The highest BCUT2D eigenvalue weighted by Crippen LogP contribution is 2.14. The SMILES string of the molecule is Cc1nc2c(F)cccn2c1CC(=N)N. The maximum absolute atomic E-state index is 13.3. The topological polar surface area (TPSA) is 67.2 Å². The number of fused-ring (bicyclic) bond motifs is 1. The van der Waals surface area contributed by atoms with Crippen molar-refractivity contribution in [2.45, 2.75) is 13.3 Å². The highest BCUT2D eigenvalue weighted by atomic mass is 19.1. The van der Waals surface area contributed by atoms with E-state index in [0.717, 1.165) is 5.69 Å². The lowest BCUT2D eigenvalue weighted by Crippen LogP contribution is -2.14. The van der Waals surface area contributed by atoms with E-state index in [9.17, 15) is 4.39 Å². The Bertz CT molecular complexity index is 529. The third kappa shape index (κ3) is 1.56. The van der Waals surface area contributed by atoms with Crippen LogP contribution in [0.5, 0.6) is 0 Å². The number of nitrogens with zero attached hydrogens (tertiary/aromatic N) is 2. The molecule has 2 rings (SSSR count). The van der Waals surface area contributed by atoms with Gasteiger partial charge in [-0.3, -0.25) is 5.41 Å². The predicted octanol–water partition coefficient (Wildman–Crippen LogP) is 1.26. The minimum absolute atomic E-state index is 0.0455. The van der Waals surface area contributed by atoms with Crippen LogP contribution in [0.15, 0.2) is 18.3 Å². The molecule has 0 aliphatic rings. The zero-order valence-corrected chi connectivity index (χ0v) is 8.29. The second-order valence-corrected chi connectivity index (χ2v) is 3.40. The van der Waals surface area contributed by atoms with Gasteiger partial charge in [0.15, 0.2) is 11.5 Å². The normalized spacial score (nSPS) is 10.8. The summed E-state index contributed by atoms with van der Waals surface area (Å²) in [7, 11) is 0. The van der Waals surface area contributed by atoms with Crippen molar-refractivity contribution in [1.82, 2.24) is 9.38 Å². The molecule has 78 valence electrons. The van der Waals surface area contributed by atoms with Gasteiger partial charge in [-0.2, -0.15) is 0 Å². The van der Waals surface area contributed by atoms with Crippen LogP contribution in [0.1, 0.15) is 11.4 Å². The van der Waals surface area contributed by atoms with E-state index in [1.54, 1.807) is 23.6 Å². The number of aromatic nitrogens is 2. The molecule has 0 bridgehead atoms. The van der Waals surface area contributed by atoms with Crippen LogP contribution >= 0.6 is 0 Å². The van der Waals surface area contributed by atoms with Gasteiger partial charge in [-0.15, -0.1) is 0 Å². The van der Waals surface area contributed by atoms with Crippen molar-refractivity contribution in [3.8, 4) is 0 Å². The molecule has 0 saturated heterocycles. The van der Waals surface area contributed by atoms with Crippen LogP contribution in [0.3, 0.4) is 0 Å². The van der Waals surface area contributed by atoms with Gasteiger partial charge in [-0.05, 0) is 19.1 Å². The monoisotopic (exact) mass is 206 g/mol. The number of nitrogens with two attached hydrogens (primary N) is 1. The van der Waals surface area contributed by atoms with Crippen LogP contribution in [0.25, 0.3) is 5.65 Å². The van der Waals surface area contributed by atoms with E-state index in [0.29, 0.717) is 5.69 Å². The lowest BCUT2D eigenvalue weighted by atomic mass is 10.2. The van der Waals surface area contributed by atoms with Crippen molar-refractivity contribution in [1.29, 1.82) is 5.41 Å². The van der Waals surface area contributed by atoms with E-state index in [-0.39, 0.29) is 23.7 Å². The van der Waals surface area contributed by atoms with Gasteiger partial charge in [-0.1, -0.05) is 0 Å². The minimum Gasteiger partial charge on any atom is -0.387 e. The standard InChI is InChI=1S/C10H11FN4/c1-6-8(5-9(12)13)15-4-2-3-7(11)10(15)14-6/h2-4H,5H2,1H3,(H3,12,13). The summed E-state index contributed by atoms with van der Waals surface area (Å²) in [5.74, 6) is -0.320. The van der Waals surface area contributed by atoms with Crippen LogP contribution in [0.4, 0.5) is 4.39 Å². The van der Waals surface area contributed by atoms with Gasteiger partial charge in [0, 0.05) is 12.6 Å². The molecule has 15 heavy (non-hydrogen) atoms. The quantitative estimate of drug-likeness (QED) is 0.573. The number of pyridine rings is 1.